The number of hydrogen-bond acceptors (Lipinski definition) is 6. The largest absolute Gasteiger partial charge is 0.446 e. The van der Waals surface area contributed by atoms with E-state index in [9.17, 15) is 9.59 Å². The summed E-state index contributed by atoms with van der Waals surface area (Å²) in [5, 5.41) is 6.25. The van der Waals surface area contributed by atoms with Gasteiger partial charge in [-0.15, -0.1) is 0 Å². The van der Waals surface area contributed by atoms with Crippen molar-refractivity contribution >= 4 is 23.5 Å². The third-order valence-corrected chi connectivity index (χ3v) is 7.72. The minimum atomic E-state index is -0.233. The molecular formula is C22H31N5O3. The van der Waals surface area contributed by atoms with E-state index in [1.165, 1.54) is 0 Å². The number of rotatable bonds is 4. The summed E-state index contributed by atoms with van der Waals surface area (Å²) in [4.78, 5) is 31.6. The molecule has 6 rings (SSSR count). The highest BCUT2D eigenvalue weighted by atomic mass is 16.6. The van der Waals surface area contributed by atoms with Crippen molar-refractivity contribution < 1.29 is 14.3 Å². The first-order chi connectivity index (χ1) is 14.5. The number of carbonyl (C=O) groups is 2. The van der Waals surface area contributed by atoms with Gasteiger partial charge in [0.1, 0.15) is 11.9 Å². The van der Waals surface area contributed by atoms with Crippen LogP contribution in [0.2, 0.25) is 0 Å². The molecule has 2 heterocycles. The second-order valence-electron chi connectivity index (χ2n) is 9.73. The number of amides is 2. The molecule has 5 aliphatic rings. The molecule has 0 spiro atoms. The van der Waals surface area contributed by atoms with Crippen molar-refractivity contribution in [3.05, 3.63) is 18.3 Å². The van der Waals surface area contributed by atoms with Crippen molar-refractivity contribution in [2.24, 2.45) is 23.2 Å². The summed E-state index contributed by atoms with van der Waals surface area (Å²) in [6.45, 7) is 1.29. The number of aromatic nitrogens is 1. The molecule has 8 heteroatoms. The standard InChI is InChI=1S/C22H31N5O3/c1-24-20(28)22-8-13-6-14(9-22)19(15(7-13)10-22)30-21(29)27-5-4-17(12-27)26-18-3-2-16(23)11-25-18/h2-3,11,13-15,17,19H,4-10,12,23H2,1H3,(H,24,28)(H,25,26)/t13?,14?,15?,17-,19?,22?/m1/s1. The summed E-state index contributed by atoms with van der Waals surface area (Å²) in [5.74, 6) is 2.17. The van der Waals surface area contributed by atoms with E-state index in [-0.39, 0.29) is 29.6 Å². The summed E-state index contributed by atoms with van der Waals surface area (Å²) < 4.78 is 6.08. The number of nitrogens with one attached hydrogen (secondary N) is 2. The van der Waals surface area contributed by atoms with E-state index >= 15 is 0 Å². The van der Waals surface area contributed by atoms with Crippen LogP contribution in [0.25, 0.3) is 0 Å². The first-order valence-corrected chi connectivity index (χ1v) is 11.1. The summed E-state index contributed by atoms with van der Waals surface area (Å²) in [6.07, 6.45) is 7.10. The molecule has 0 radical (unpaired) electrons. The van der Waals surface area contributed by atoms with Crippen molar-refractivity contribution in [1.82, 2.24) is 15.2 Å². The lowest BCUT2D eigenvalue weighted by molar-refractivity contribution is -0.164. The highest BCUT2D eigenvalue weighted by Gasteiger charge is 2.59. The Bertz CT molecular complexity index is 813. The molecule has 2 unspecified atom stereocenters. The third-order valence-electron chi connectivity index (χ3n) is 7.72. The number of ether oxygens (including phenoxy) is 1. The fraction of sp³-hybridized carbons (Fsp3) is 0.682. The van der Waals surface area contributed by atoms with Gasteiger partial charge in [-0.1, -0.05) is 0 Å². The van der Waals surface area contributed by atoms with Gasteiger partial charge in [-0.25, -0.2) is 9.78 Å². The van der Waals surface area contributed by atoms with Crippen LogP contribution in [-0.4, -0.2) is 54.2 Å². The molecule has 1 aromatic heterocycles. The highest BCUT2D eigenvalue weighted by Crippen LogP contribution is 2.60. The van der Waals surface area contributed by atoms with E-state index in [1.54, 1.807) is 18.1 Å². The number of carbonyl (C=O) groups excluding carboxylic acids is 2. The predicted octanol–water partition coefficient (Wildman–Crippen LogP) is 2.23. The molecule has 2 amide bonds. The van der Waals surface area contributed by atoms with Crippen LogP contribution in [-0.2, 0) is 9.53 Å². The smallest absolute Gasteiger partial charge is 0.410 e. The molecule has 1 saturated heterocycles. The van der Waals surface area contributed by atoms with E-state index in [4.69, 9.17) is 10.5 Å². The predicted molar refractivity (Wildman–Crippen MR) is 113 cm³/mol. The molecule has 1 aliphatic heterocycles. The summed E-state index contributed by atoms with van der Waals surface area (Å²) >= 11 is 0. The lowest BCUT2D eigenvalue weighted by Crippen LogP contribution is -2.59. The lowest BCUT2D eigenvalue weighted by atomic mass is 9.48. The van der Waals surface area contributed by atoms with Crippen LogP contribution in [0.4, 0.5) is 16.3 Å². The van der Waals surface area contributed by atoms with Crippen LogP contribution in [0.15, 0.2) is 18.3 Å². The number of likely N-dealkylation sites (tertiary alicyclic amines) is 1. The zero-order chi connectivity index (χ0) is 20.9. The van der Waals surface area contributed by atoms with Gasteiger partial charge in [0.25, 0.3) is 0 Å². The maximum absolute atomic E-state index is 12.9. The Balaban J connectivity index is 1.19. The van der Waals surface area contributed by atoms with Gasteiger partial charge in [-0.3, -0.25) is 4.79 Å². The van der Waals surface area contributed by atoms with Crippen LogP contribution < -0.4 is 16.4 Å². The molecule has 30 heavy (non-hydrogen) atoms. The van der Waals surface area contributed by atoms with E-state index in [2.05, 4.69) is 15.6 Å². The second-order valence-corrected chi connectivity index (χ2v) is 9.73. The Hall–Kier alpha value is -2.51. The topological polar surface area (TPSA) is 110 Å². The molecule has 4 saturated carbocycles. The molecule has 4 N–H and O–H groups in total. The average Bonchev–Trinajstić information content (AvgIpc) is 3.20. The highest BCUT2D eigenvalue weighted by molar-refractivity contribution is 5.83. The molecule has 4 bridgehead atoms. The monoisotopic (exact) mass is 413 g/mol. The number of nitrogens with two attached hydrogens (primary N) is 1. The average molecular weight is 414 g/mol. The van der Waals surface area contributed by atoms with Gasteiger partial charge in [0.15, 0.2) is 0 Å². The van der Waals surface area contributed by atoms with Gasteiger partial charge in [0, 0.05) is 26.2 Å². The summed E-state index contributed by atoms with van der Waals surface area (Å²) in [5.41, 5.74) is 6.08. The Kier molecular flexibility index (Phi) is 4.75. The quantitative estimate of drug-likeness (QED) is 0.698. The Labute approximate surface area is 176 Å². The Morgan fingerprint density at radius 3 is 2.67 bits per heavy atom. The van der Waals surface area contributed by atoms with Crippen molar-refractivity contribution in [2.45, 2.75) is 50.7 Å². The van der Waals surface area contributed by atoms with Gasteiger partial charge < -0.3 is 26.0 Å². The Morgan fingerprint density at radius 2 is 2.00 bits per heavy atom. The number of pyridine rings is 1. The van der Waals surface area contributed by atoms with Gasteiger partial charge in [0.2, 0.25) is 5.91 Å². The molecule has 8 nitrogen and oxygen atoms in total. The Morgan fingerprint density at radius 1 is 1.23 bits per heavy atom. The van der Waals surface area contributed by atoms with Crippen LogP contribution in [0.1, 0.15) is 38.5 Å². The van der Waals surface area contributed by atoms with Crippen molar-refractivity contribution in [3.63, 3.8) is 0 Å². The first kappa shape index (κ1) is 19.5. The number of nitrogens with zero attached hydrogens (tertiary/aromatic N) is 2. The summed E-state index contributed by atoms with van der Waals surface area (Å²) in [7, 11) is 1.73. The molecule has 4 aliphatic carbocycles. The van der Waals surface area contributed by atoms with Crippen LogP contribution >= 0.6 is 0 Å². The summed E-state index contributed by atoms with van der Waals surface area (Å²) in [6, 6.07) is 3.82. The van der Waals surface area contributed by atoms with Crippen molar-refractivity contribution in [1.29, 1.82) is 0 Å². The zero-order valence-corrected chi connectivity index (χ0v) is 17.5. The maximum Gasteiger partial charge on any atom is 0.410 e. The van der Waals surface area contributed by atoms with Gasteiger partial charge in [-0.2, -0.15) is 0 Å². The lowest BCUT2D eigenvalue weighted by Gasteiger charge is -2.58. The van der Waals surface area contributed by atoms with Crippen LogP contribution in [0, 0.1) is 23.2 Å². The van der Waals surface area contributed by atoms with Crippen LogP contribution in [0.5, 0.6) is 0 Å². The first-order valence-electron chi connectivity index (χ1n) is 11.1. The number of hydrogen-bond donors (Lipinski definition) is 3. The normalized spacial score (nSPS) is 36.6. The molecular weight excluding hydrogens is 382 g/mol. The molecule has 5 fully saturated rings. The molecule has 162 valence electrons. The van der Waals surface area contributed by atoms with E-state index in [0.29, 0.717) is 36.5 Å². The van der Waals surface area contributed by atoms with Gasteiger partial charge in [-0.05, 0) is 68.4 Å². The number of anilines is 2. The fourth-order valence-electron chi connectivity index (χ4n) is 6.65. The van der Waals surface area contributed by atoms with Gasteiger partial charge >= 0.3 is 6.09 Å². The number of nitrogen functional groups attached to an aromatic ring is 1. The van der Waals surface area contributed by atoms with E-state index < -0.39 is 0 Å². The maximum atomic E-state index is 12.9. The third kappa shape index (κ3) is 3.36. The SMILES string of the molecule is CNC(=O)C12CC3CC(C1)C(OC(=O)N1CC[C@@H](Nc4ccc(N)cn4)C1)C(C3)C2. The van der Waals surface area contributed by atoms with Crippen LogP contribution in [0.3, 0.4) is 0 Å². The second kappa shape index (κ2) is 7.32. The van der Waals surface area contributed by atoms with Crippen molar-refractivity contribution in [3.8, 4) is 0 Å². The van der Waals surface area contributed by atoms with Crippen molar-refractivity contribution in [2.75, 3.05) is 31.2 Å². The van der Waals surface area contributed by atoms with E-state index in [1.807, 2.05) is 12.1 Å². The molecule has 0 aromatic carbocycles. The zero-order valence-electron chi connectivity index (χ0n) is 17.5. The molecule has 3 atom stereocenters. The minimum Gasteiger partial charge on any atom is -0.446 e. The fourth-order valence-corrected chi connectivity index (χ4v) is 6.65. The van der Waals surface area contributed by atoms with E-state index in [0.717, 1.165) is 44.3 Å². The van der Waals surface area contributed by atoms with Gasteiger partial charge in [0.05, 0.1) is 17.3 Å². The molecule has 1 aromatic rings. The minimum absolute atomic E-state index is 0.0439.